The number of allylic oxidation sites excluding steroid dienone is 1. The van der Waals surface area contributed by atoms with Crippen molar-refractivity contribution in [2.24, 2.45) is 58.2 Å². The van der Waals surface area contributed by atoms with Gasteiger partial charge < -0.3 is 37.9 Å². The third-order valence-electron chi connectivity index (χ3n) is 22.2. The molecule has 0 N–H and O–H groups in total. The fourth-order valence-corrected chi connectivity index (χ4v) is 17.7. The van der Waals surface area contributed by atoms with Crippen LogP contribution in [0, 0.1) is 58.2 Å². The normalized spacial score (nSPS) is 21.9. The average molecular weight is 1360 g/mol. The molecule has 0 aromatic heterocycles. The number of halogens is 2. The van der Waals surface area contributed by atoms with Crippen LogP contribution in [0.25, 0.3) is 5.57 Å². The number of hydrogen-bond acceptors (Lipinski definition) is 14. The van der Waals surface area contributed by atoms with E-state index in [1.807, 2.05) is 0 Å². The van der Waals surface area contributed by atoms with E-state index in [-0.39, 0.29) is 86.8 Å². The summed E-state index contributed by atoms with van der Waals surface area (Å²) in [6, 6.07) is 33.3. The zero-order chi connectivity index (χ0) is 69.1. The number of benzene rings is 6. The number of methoxy groups -OCH3 is 4. The molecule has 16 heteroatoms. The van der Waals surface area contributed by atoms with Crippen LogP contribution < -0.4 is 9.47 Å². The summed E-state index contributed by atoms with van der Waals surface area (Å²) in [4.78, 5) is 81.8. The number of esters is 6. The Kier molecular flexibility index (Phi) is 23.8. The molecule has 0 heterocycles. The van der Waals surface area contributed by atoms with Gasteiger partial charge in [0.05, 0.1) is 60.7 Å². The SMILES string of the molecule is COC(=O)c1ccccc1COC(=O)c1cc(C(=CCCC2CCC3(C)C(CCC4C3CCC3(C)C(C(C)CCCC(C)C)CCC43)C2)c2cc(Cl)c(OCc3ccccc3C(=O)OC)c(C(=O)OCc3ccccc3C(=O)OC)c2)cc(Cl)c1OCc1ccccc1C(=O)OC. The van der Waals surface area contributed by atoms with Crippen LogP contribution in [0.4, 0.5) is 0 Å². The molecule has 10 rings (SSSR count). The molecule has 0 aliphatic heterocycles. The number of carbonyl (C=O) groups excluding carboxylic acids is 6. The van der Waals surface area contributed by atoms with E-state index < -0.39 is 35.8 Å². The van der Waals surface area contributed by atoms with E-state index in [4.69, 9.17) is 61.1 Å². The van der Waals surface area contributed by atoms with Gasteiger partial charge in [-0.25, -0.2) is 28.8 Å². The van der Waals surface area contributed by atoms with Gasteiger partial charge in [0.2, 0.25) is 0 Å². The molecule has 4 fully saturated rings. The van der Waals surface area contributed by atoms with Gasteiger partial charge >= 0.3 is 35.8 Å². The molecule has 6 aromatic carbocycles. The van der Waals surface area contributed by atoms with Crippen molar-refractivity contribution in [3.63, 3.8) is 0 Å². The zero-order valence-electron chi connectivity index (χ0n) is 57.4. The second kappa shape index (κ2) is 32.2. The Labute approximate surface area is 581 Å². The number of fused-ring (bicyclic) bond motifs is 5. The largest absolute Gasteiger partial charge is 0.486 e. The van der Waals surface area contributed by atoms with E-state index in [0.717, 1.165) is 54.8 Å². The first-order chi connectivity index (χ1) is 46.7. The maximum Gasteiger partial charge on any atom is 0.342 e. The van der Waals surface area contributed by atoms with E-state index >= 15 is 0 Å². The van der Waals surface area contributed by atoms with Gasteiger partial charge in [0, 0.05) is 22.3 Å². The first-order valence-corrected chi connectivity index (χ1v) is 35.1. The highest BCUT2D eigenvalue weighted by Crippen LogP contribution is 2.69. The molecule has 0 bridgehead atoms. The van der Waals surface area contributed by atoms with Crippen molar-refractivity contribution in [3.8, 4) is 11.5 Å². The fraction of sp³-hybridized carbons (Fsp3) is 0.457. The van der Waals surface area contributed by atoms with Crippen LogP contribution in [0.2, 0.25) is 10.0 Å². The molecule has 4 aliphatic carbocycles. The number of rotatable bonds is 26. The molecule has 97 heavy (non-hydrogen) atoms. The van der Waals surface area contributed by atoms with Crippen LogP contribution in [-0.4, -0.2) is 64.3 Å². The van der Waals surface area contributed by atoms with Gasteiger partial charge in [-0.15, -0.1) is 0 Å². The Hall–Kier alpha value is -7.94. The van der Waals surface area contributed by atoms with Crippen LogP contribution in [0.15, 0.2) is 127 Å². The Morgan fingerprint density at radius 1 is 0.495 bits per heavy atom. The minimum absolute atomic E-state index is 0.00885. The van der Waals surface area contributed by atoms with Crippen LogP contribution in [0.1, 0.15) is 220 Å². The summed E-state index contributed by atoms with van der Waals surface area (Å²) in [5.74, 6) is 1.47. The smallest absolute Gasteiger partial charge is 0.342 e. The molecule has 514 valence electrons. The first-order valence-electron chi connectivity index (χ1n) is 34.3. The van der Waals surface area contributed by atoms with Gasteiger partial charge in [0.15, 0.2) is 11.5 Å². The lowest BCUT2D eigenvalue weighted by Gasteiger charge is -2.61. The van der Waals surface area contributed by atoms with Crippen molar-refractivity contribution >= 4 is 64.6 Å². The molecular weight excluding hydrogens is 1270 g/mol. The molecule has 9 atom stereocenters. The van der Waals surface area contributed by atoms with E-state index in [1.165, 1.54) is 92.6 Å². The lowest BCUT2D eigenvalue weighted by molar-refractivity contribution is -0.121. The minimum Gasteiger partial charge on any atom is -0.486 e. The highest BCUT2D eigenvalue weighted by Gasteiger charge is 2.60. The summed E-state index contributed by atoms with van der Waals surface area (Å²) in [5, 5.41) is 0.0177. The van der Waals surface area contributed by atoms with Crippen molar-refractivity contribution in [1.29, 1.82) is 0 Å². The summed E-state index contributed by atoms with van der Waals surface area (Å²) in [5.41, 5.74) is 4.51. The van der Waals surface area contributed by atoms with E-state index in [9.17, 15) is 28.8 Å². The summed E-state index contributed by atoms with van der Waals surface area (Å²) in [7, 11) is 5.11. The summed E-state index contributed by atoms with van der Waals surface area (Å²) in [6.07, 6.45) is 18.9. The van der Waals surface area contributed by atoms with E-state index in [2.05, 4.69) is 40.7 Å². The third kappa shape index (κ3) is 16.0. The Bertz CT molecular complexity index is 3700. The molecule has 0 radical (unpaired) electrons. The molecular formula is C81H92Cl2O14. The quantitative estimate of drug-likeness (QED) is 0.0370. The van der Waals surface area contributed by atoms with E-state index in [0.29, 0.717) is 62.6 Å². The molecule has 0 spiro atoms. The molecule has 6 aromatic rings. The Balaban J connectivity index is 1.02. The lowest BCUT2D eigenvalue weighted by Crippen LogP contribution is -2.53. The van der Waals surface area contributed by atoms with Crippen molar-refractivity contribution < 1.29 is 66.7 Å². The van der Waals surface area contributed by atoms with Gasteiger partial charge in [0.25, 0.3) is 0 Å². The summed E-state index contributed by atoms with van der Waals surface area (Å²) in [6.45, 7) is 11.5. The monoisotopic (exact) mass is 1360 g/mol. The molecule has 0 amide bonds. The highest BCUT2D eigenvalue weighted by molar-refractivity contribution is 6.33. The van der Waals surface area contributed by atoms with Gasteiger partial charge in [-0.3, -0.25) is 0 Å². The number of hydrogen-bond donors (Lipinski definition) is 0. The van der Waals surface area contributed by atoms with Crippen LogP contribution in [0.5, 0.6) is 11.5 Å². The van der Waals surface area contributed by atoms with Gasteiger partial charge in [-0.05, 0) is 194 Å². The van der Waals surface area contributed by atoms with Gasteiger partial charge in [0.1, 0.15) is 37.6 Å². The van der Waals surface area contributed by atoms with Crippen LogP contribution in [0.3, 0.4) is 0 Å². The predicted octanol–water partition coefficient (Wildman–Crippen LogP) is 19.0. The summed E-state index contributed by atoms with van der Waals surface area (Å²) >= 11 is 14.8. The molecule has 9 unspecified atom stereocenters. The molecule has 4 aliphatic rings. The second-order valence-electron chi connectivity index (χ2n) is 28.0. The van der Waals surface area contributed by atoms with Crippen LogP contribution >= 0.6 is 23.2 Å². The molecule has 14 nitrogen and oxygen atoms in total. The fourth-order valence-electron chi connectivity index (χ4n) is 17.2. The van der Waals surface area contributed by atoms with Crippen molar-refractivity contribution in [2.75, 3.05) is 28.4 Å². The average Bonchev–Trinajstić information content (AvgIpc) is 1.69. The minimum atomic E-state index is -0.855. The maximum absolute atomic E-state index is 15.0. The highest BCUT2D eigenvalue weighted by atomic mass is 35.5. The first kappa shape index (κ1) is 71.8. The van der Waals surface area contributed by atoms with E-state index in [1.54, 1.807) is 121 Å². The van der Waals surface area contributed by atoms with Crippen molar-refractivity contribution in [3.05, 3.63) is 204 Å². The topological polar surface area (TPSA) is 176 Å². The lowest BCUT2D eigenvalue weighted by atomic mass is 9.44. The third-order valence-corrected chi connectivity index (χ3v) is 22.8. The predicted molar refractivity (Wildman–Crippen MR) is 374 cm³/mol. The molecule has 0 saturated heterocycles. The number of carbonyl (C=O) groups is 6. The second-order valence-corrected chi connectivity index (χ2v) is 28.8. The zero-order valence-corrected chi connectivity index (χ0v) is 59.0. The Morgan fingerprint density at radius 2 is 0.928 bits per heavy atom. The number of ether oxygens (including phenoxy) is 8. The summed E-state index contributed by atoms with van der Waals surface area (Å²) < 4.78 is 45.3. The van der Waals surface area contributed by atoms with Gasteiger partial charge in [-0.1, -0.05) is 156 Å². The van der Waals surface area contributed by atoms with Crippen LogP contribution in [-0.2, 0) is 54.8 Å². The van der Waals surface area contributed by atoms with Crippen molar-refractivity contribution in [1.82, 2.24) is 0 Å². The van der Waals surface area contributed by atoms with Crippen molar-refractivity contribution in [2.45, 2.75) is 151 Å². The standard InChI is InChI=1S/C81H92Cl2O14/c1-49(2)20-18-21-50(3)67-34-35-68-64-33-32-58-40-51(36-38-80(58,4)69(64)37-39-81(67,68)5)22-19-31-59(56-41-65(78(88)96-47-54-25-12-16-29-62(54)76(86)92-8)72(70(82)43-56)94-45-52-23-10-14-27-60(52)74(84)90-6)57-42-66(79(89)97-48-55-26-13-17-30-63(55)77(87)93-9)73(71(83)44-57)95-46-53-24-11-15-28-61(53)75(85)91-7/h10-17,23-31,41-44,49-51,58,64,67-69H,18-22,32-40,45-48H2,1-9H3. The molecule has 4 saturated carbocycles. The van der Waals surface area contributed by atoms with Gasteiger partial charge in [-0.2, -0.15) is 0 Å². The maximum atomic E-state index is 15.0. The Morgan fingerprint density at radius 3 is 1.38 bits per heavy atom.